The van der Waals surface area contributed by atoms with Gasteiger partial charge in [0.15, 0.2) is 0 Å². The van der Waals surface area contributed by atoms with E-state index in [1.54, 1.807) is 16.0 Å². The Morgan fingerprint density at radius 3 is 2.25 bits per heavy atom. The highest BCUT2D eigenvalue weighted by Gasteiger charge is 2.25. The quantitative estimate of drug-likeness (QED) is 0.863. The van der Waals surface area contributed by atoms with Crippen molar-refractivity contribution in [3.05, 3.63) is 65.7 Å². The fraction of sp³-hybridized carbons (Fsp3) is 0.278. The molecule has 1 aromatic heterocycles. The molecule has 0 spiro atoms. The molecule has 1 aromatic carbocycles. The van der Waals surface area contributed by atoms with Crippen LogP contribution in [0, 0.1) is 5.82 Å². The number of carbonyl (C=O) groups is 2. The number of hydrogen-bond acceptors (Lipinski definition) is 3. The van der Waals surface area contributed by atoms with Crippen molar-refractivity contribution < 1.29 is 14.0 Å². The molecule has 2 amide bonds. The van der Waals surface area contributed by atoms with Crippen LogP contribution in [0.1, 0.15) is 16.1 Å². The number of hydrogen-bond donors (Lipinski definition) is 0. The van der Waals surface area contributed by atoms with Crippen LogP contribution >= 0.6 is 0 Å². The van der Waals surface area contributed by atoms with Crippen molar-refractivity contribution in [2.45, 2.75) is 6.42 Å². The second-order valence-electron chi connectivity index (χ2n) is 5.68. The zero-order valence-electron chi connectivity index (χ0n) is 13.2. The topological polar surface area (TPSA) is 53.5 Å². The molecule has 1 aliphatic heterocycles. The Morgan fingerprint density at radius 1 is 0.958 bits per heavy atom. The number of pyridine rings is 1. The summed E-state index contributed by atoms with van der Waals surface area (Å²) in [5.74, 6) is -0.481. The highest BCUT2D eigenvalue weighted by Crippen LogP contribution is 2.11. The molecule has 124 valence electrons. The smallest absolute Gasteiger partial charge is 0.253 e. The van der Waals surface area contributed by atoms with E-state index in [2.05, 4.69) is 4.98 Å². The third-order valence-corrected chi connectivity index (χ3v) is 4.07. The van der Waals surface area contributed by atoms with Crippen LogP contribution in [0.25, 0.3) is 0 Å². The van der Waals surface area contributed by atoms with Crippen LogP contribution in [0.5, 0.6) is 0 Å². The molecule has 0 bridgehead atoms. The van der Waals surface area contributed by atoms with Crippen LogP contribution in [0.15, 0.2) is 48.7 Å². The first-order chi connectivity index (χ1) is 11.6. The predicted molar refractivity (Wildman–Crippen MR) is 86.8 cm³/mol. The Hall–Kier alpha value is -2.76. The summed E-state index contributed by atoms with van der Waals surface area (Å²) in [7, 11) is 0. The molecule has 2 aromatic rings. The minimum atomic E-state index is -0.364. The number of carbonyl (C=O) groups excluding carboxylic acids is 2. The van der Waals surface area contributed by atoms with Gasteiger partial charge in [0.05, 0.1) is 6.42 Å². The van der Waals surface area contributed by atoms with Crippen LogP contribution < -0.4 is 0 Å². The fourth-order valence-corrected chi connectivity index (χ4v) is 2.70. The van der Waals surface area contributed by atoms with E-state index in [1.807, 2.05) is 18.2 Å². The lowest BCUT2D eigenvalue weighted by molar-refractivity contribution is -0.132. The number of amides is 2. The third kappa shape index (κ3) is 3.76. The monoisotopic (exact) mass is 327 g/mol. The highest BCUT2D eigenvalue weighted by molar-refractivity contribution is 5.94. The molecule has 0 aliphatic carbocycles. The largest absolute Gasteiger partial charge is 0.339 e. The summed E-state index contributed by atoms with van der Waals surface area (Å²) in [6.45, 7) is 1.95. The molecule has 0 N–H and O–H groups in total. The average Bonchev–Trinajstić information content (AvgIpc) is 2.63. The van der Waals surface area contributed by atoms with Gasteiger partial charge in [0, 0.05) is 43.6 Å². The maximum Gasteiger partial charge on any atom is 0.253 e. The lowest BCUT2D eigenvalue weighted by atomic mass is 10.1. The summed E-state index contributed by atoms with van der Waals surface area (Å²) in [6, 6.07) is 11.0. The molecule has 0 atom stereocenters. The normalized spacial score (nSPS) is 14.5. The zero-order valence-corrected chi connectivity index (χ0v) is 13.2. The van der Waals surface area contributed by atoms with Crippen molar-refractivity contribution in [2.24, 2.45) is 0 Å². The summed E-state index contributed by atoms with van der Waals surface area (Å²) in [5, 5.41) is 0. The SMILES string of the molecule is O=C(Cc1ccccn1)N1CCN(C(=O)c2ccc(F)cc2)CC1. The molecule has 0 saturated carbocycles. The van der Waals surface area contributed by atoms with Gasteiger partial charge >= 0.3 is 0 Å². The molecule has 3 rings (SSSR count). The second-order valence-corrected chi connectivity index (χ2v) is 5.68. The average molecular weight is 327 g/mol. The molecule has 5 nitrogen and oxygen atoms in total. The number of rotatable bonds is 3. The molecule has 1 aliphatic rings. The first-order valence-corrected chi connectivity index (χ1v) is 7.86. The lowest BCUT2D eigenvalue weighted by Crippen LogP contribution is -2.51. The molecule has 0 radical (unpaired) electrons. The van der Waals surface area contributed by atoms with Crippen molar-refractivity contribution in [3.63, 3.8) is 0 Å². The Kier molecular flexibility index (Phi) is 4.84. The van der Waals surface area contributed by atoms with E-state index in [9.17, 15) is 14.0 Å². The van der Waals surface area contributed by atoms with Crippen LogP contribution in [-0.2, 0) is 11.2 Å². The molecule has 1 fully saturated rings. The van der Waals surface area contributed by atoms with E-state index in [-0.39, 0.29) is 24.1 Å². The van der Waals surface area contributed by atoms with Gasteiger partial charge in [-0.1, -0.05) is 6.07 Å². The number of halogens is 1. The Bertz CT molecular complexity index is 711. The number of aromatic nitrogens is 1. The van der Waals surface area contributed by atoms with E-state index in [0.29, 0.717) is 31.7 Å². The summed E-state index contributed by atoms with van der Waals surface area (Å²) in [6.07, 6.45) is 1.94. The van der Waals surface area contributed by atoms with Crippen molar-refractivity contribution in [2.75, 3.05) is 26.2 Å². The van der Waals surface area contributed by atoms with Crippen molar-refractivity contribution >= 4 is 11.8 Å². The van der Waals surface area contributed by atoms with Crippen molar-refractivity contribution in [1.29, 1.82) is 0 Å². The zero-order chi connectivity index (χ0) is 16.9. The molecule has 24 heavy (non-hydrogen) atoms. The summed E-state index contributed by atoms with van der Waals surface area (Å²) in [5.41, 5.74) is 1.21. The lowest BCUT2D eigenvalue weighted by Gasteiger charge is -2.34. The van der Waals surface area contributed by atoms with E-state index in [1.165, 1.54) is 24.3 Å². The predicted octanol–water partition coefficient (Wildman–Crippen LogP) is 1.75. The number of benzene rings is 1. The second kappa shape index (κ2) is 7.21. The van der Waals surface area contributed by atoms with E-state index in [0.717, 1.165) is 5.69 Å². The van der Waals surface area contributed by atoms with Gasteiger partial charge in [-0.05, 0) is 36.4 Å². The minimum Gasteiger partial charge on any atom is -0.339 e. The van der Waals surface area contributed by atoms with E-state index < -0.39 is 0 Å². The van der Waals surface area contributed by atoms with Gasteiger partial charge in [-0.15, -0.1) is 0 Å². The standard InChI is InChI=1S/C18H18FN3O2/c19-15-6-4-14(5-7-15)18(24)22-11-9-21(10-12-22)17(23)13-16-3-1-2-8-20-16/h1-8H,9-13H2. The molecular weight excluding hydrogens is 309 g/mol. The summed E-state index contributed by atoms with van der Waals surface area (Å²) in [4.78, 5) is 32.3. The van der Waals surface area contributed by atoms with Gasteiger partial charge in [-0.2, -0.15) is 0 Å². The molecule has 0 unspecified atom stereocenters. The van der Waals surface area contributed by atoms with Gasteiger partial charge in [0.2, 0.25) is 5.91 Å². The van der Waals surface area contributed by atoms with Crippen molar-refractivity contribution in [1.82, 2.24) is 14.8 Å². The Morgan fingerprint density at radius 2 is 1.62 bits per heavy atom. The maximum atomic E-state index is 12.9. The van der Waals surface area contributed by atoms with Crippen LogP contribution in [-0.4, -0.2) is 52.8 Å². The highest BCUT2D eigenvalue weighted by atomic mass is 19.1. The molecule has 1 saturated heterocycles. The van der Waals surface area contributed by atoms with Gasteiger partial charge in [0.1, 0.15) is 5.82 Å². The molecular formula is C18H18FN3O2. The molecule has 6 heteroatoms. The minimum absolute atomic E-state index is 0.0163. The number of piperazine rings is 1. The van der Waals surface area contributed by atoms with Gasteiger partial charge in [-0.3, -0.25) is 14.6 Å². The first-order valence-electron chi connectivity index (χ1n) is 7.86. The van der Waals surface area contributed by atoms with Crippen LogP contribution in [0.2, 0.25) is 0 Å². The van der Waals surface area contributed by atoms with Crippen molar-refractivity contribution in [3.8, 4) is 0 Å². The summed E-state index contributed by atoms with van der Waals surface area (Å²) >= 11 is 0. The molecule has 2 heterocycles. The Balaban J connectivity index is 1.54. The Labute approximate surface area is 139 Å². The number of nitrogens with zero attached hydrogens (tertiary/aromatic N) is 3. The summed E-state index contributed by atoms with van der Waals surface area (Å²) < 4.78 is 12.9. The van der Waals surface area contributed by atoms with Gasteiger partial charge in [0.25, 0.3) is 5.91 Å². The first kappa shape index (κ1) is 16.1. The van der Waals surface area contributed by atoms with E-state index in [4.69, 9.17) is 0 Å². The van der Waals surface area contributed by atoms with Gasteiger partial charge < -0.3 is 9.80 Å². The van der Waals surface area contributed by atoms with E-state index >= 15 is 0 Å². The third-order valence-electron chi connectivity index (χ3n) is 4.07. The van der Waals surface area contributed by atoms with Crippen LogP contribution in [0.3, 0.4) is 0 Å². The van der Waals surface area contributed by atoms with Crippen LogP contribution in [0.4, 0.5) is 4.39 Å². The fourth-order valence-electron chi connectivity index (χ4n) is 2.70. The maximum absolute atomic E-state index is 12.9. The van der Waals surface area contributed by atoms with Gasteiger partial charge in [-0.25, -0.2) is 4.39 Å².